The quantitative estimate of drug-likeness (QED) is 0.457. The van der Waals surface area contributed by atoms with E-state index < -0.39 is 48.1 Å². The average molecular weight is 298 g/mol. The first-order valence-corrected chi connectivity index (χ1v) is 5.22. The summed E-state index contributed by atoms with van der Waals surface area (Å²) in [5.74, 6) is -7.44. The molecule has 2 aliphatic rings. The summed E-state index contributed by atoms with van der Waals surface area (Å²) in [6.07, 6.45) is -16.9. The minimum atomic E-state index is -6.00. The standard InChI is InChI=1S/C10H7F9/c11-8(12,13)6-4-1-2-5(3-4)7(6,9(14,15)16)10(17,18)19/h1-2,4-6H,3H2. The molecule has 19 heavy (non-hydrogen) atoms. The zero-order chi connectivity index (χ0) is 14.9. The second-order valence-corrected chi connectivity index (χ2v) is 4.77. The summed E-state index contributed by atoms with van der Waals surface area (Å²) in [4.78, 5) is 0. The van der Waals surface area contributed by atoms with Crippen LogP contribution in [-0.2, 0) is 0 Å². The van der Waals surface area contributed by atoms with E-state index >= 15 is 0 Å². The fraction of sp³-hybridized carbons (Fsp3) is 0.800. The van der Waals surface area contributed by atoms with Crippen LogP contribution in [0.4, 0.5) is 39.5 Å². The Balaban J connectivity index is 2.68. The Morgan fingerprint density at radius 3 is 1.58 bits per heavy atom. The van der Waals surface area contributed by atoms with Crippen LogP contribution in [0.5, 0.6) is 0 Å². The number of rotatable bonds is 0. The molecule has 0 N–H and O–H groups in total. The van der Waals surface area contributed by atoms with Crippen molar-refractivity contribution in [1.82, 2.24) is 0 Å². The molecular weight excluding hydrogens is 291 g/mol. The SMILES string of the molecule is FC(F)(F)C1C2C=CC(C2)C1(C(F)(F)F)C(F)(F)F. The van der Waals surface area contributed by atoms with Crippen LogP contribution in [-0.4, -0.2) is 18.5 Å². The van der Waals surface area contributed by atoms with Gasteiger partial charge in [-0.05, 0) is 12.3 Å². The van der Waals surface area contributed by atoms with Crippen LogP contribution in [0.2, 0.25) is 0 Å². The third kappa shape index (κ3) is 1.69. The molecule has 0 radical (unpaired) electrons. The number of allylic oxidation sites excluding steroid dienone is 2. The number of hydrogen-bond donors (Lipinski definition) is 0. The lowest BCUT2D eigenvalue weighted by Gasteiger charge is -2.44. The second kappa shape index (κ2) is 3.60. The second-order valence-electron chi connectivity index (χ2n) is 4.77. The van der Waals surface area contributed by atoms with Crippen molar-refractivity contribution < 1.29 is 39.5 Å². The molecule has 0 amide bonds. The minimum absolute atomic E-state index is 0.605. The highest BCUT2D eigenvalue weighted by Gasteiger charge is 2.85. The van der Waals surface area contributed by atoms with Gasteiger partial charge in [0.2, 0.25) is 0 Å². The topological polar surface area (TPSA) is 0 Å². The van der Waals surface area contributed by atoms with E-state index in [0.29, 0.717) is 6.08 Å². The van der Waals surface area contributed by atoms with Crippen LogP contribution >= 0.6 is 0 Å². The molecule has 1 saturated carbocycles. The van der Waals surface area contributed by atoms with Gasteiger partial charge in [-0.1, -0.05) is 12.2 Å². The van der Waals surface area contributed by atoms with Crippen LogP contribution in [0.15, 0.2) is 12.2 Å². The summed E-state index contributed by atoms with van der Waals surface area (Å²) in [5, 5.41) is 0. The maximum Gasteiger partial charge on any atom is 0.404 e. The molecule has 110 valence electrons. The van der Waals surface area contributed by atoms with E-state index in [2.05, 4.69) is 0 Å². The first-order chi connectivity index (χ1) is 8.33. The Labute approximate surface area is 101 Å². The highest BCUT2D eigenvalue weighted by Crippen LogP contribution is 2.72. The van der Waals surface area contributed by atoms with Gasteiger partial charge in [-0.15, -0.1) is 0 Å². The van der Waals surface area contributed by atoms with Crippen LogP contribution in [0.25, 0.3) is 0 Å². The summed E-state index contributed by atoms with van der Waals surface area (Å²) in [6.45, 7) is 0. The molecule has 0 aromatic carbocycles. The maximum absolute atomic E-state index is 12.9. The van der Waals surface area contributed by atoms with Crippen molar-refractivity contribution in [2.75, 3.05) is 0 Å². The van der Waals surface area contributed by atoms with Gasteiger partial charge in [0.25, 0.3) is 0 Å². The lowest BCUT2D eigenvalue weighted by atomic mass is 9.66. The van der Waals surface area contributed by atoms with E-state index in [1.54, 1.807) is 0 Å². The molecule has 2 aliphatic carbocycles. The smallest absolute Gasteiger partial charge is 0.171 e. The van der Waals surface area contributed by atoms with Gasteiger partial charge in [0.1, 0.15) is 0 Å². The van der Waals surface area contributed by atoms with Gasteiger partial charge in [0.15, 0.2) is 5.41 Å². The van der Waals surface area contributed by atoms with Crippen molar-refractivity contribution >= 4 is 0 Å². The fourth-order valence-corrected chi connectivity index (χ4v) is 3.32. The molecule has 0 saturated heterocycles. The first-order valence-electron chi connectivity index (χ1n) is 5.22. The summed E-state index contributed by atoms with van der Waals surface area (Å²) < 4.78 is 116. The van der Waals surface area contributed by atoms with E-state index in [9.17, 15) is 39.5 Å². The highest BCUT2D eigenvalue weighted by molar-refractivity contribution is 5.24. The van der Waals surface area contributed by atoms with E-state index in [1.165, 1.54) is 0 Å². The number of alkyl halides is 9. The summed E-state index contributed by atoms with van der Waals surface area (Å²) >= 11 is 0. The van der Waals surface area contributed by atoms with Crippen molar-refractivity contribution in [2.45, 2.75) is 24.9 Å². The molecule has 0 spiro atoms. The minimum Gasteiger partial charge on any atom is -0.171 e. The Hall–Kier alpha value is -0.890. The van der Waals surface area contributed by atoms with Gasteiger partial charge < -0.3 is 0 Å². The van der Waals surface area contributed by atoms with Gasteiger partial charge in [-0.25, -0.2) is 0 Å². The molecule has 2 bridgehead atoms. The van der Waals surface area contributed by atoms with Crippen LogP contribution < -0.4 is 0 Å². The molecule has 2 rings (SSSR count). The summed E-state index contributed by atoms with van der Waals surface area (Å²) in [7, 11) is 0. The fourth-order valence-electron chi connectivity index (χ4n) is 3.32. The van der Waals surface area contributed by atoms with Crippen LogP contribution in [0.3, 0.4) is 0 Å². The van der Waals surface area contributed by atoms with Gasteiger partial charge in [-0.3, -0.25) is 0 Å². The van der Waals surface area contributed by atoms with Gasteiger partial charge in [0, 0.05) is 5.92 Å². The van der Waals surface area contributed by atoms with E-state index in [4.69, 9.17) is 0 Å². The molecule has 0 aromatic heterocycles. The Bertz CT molecular complexity index is 383. The number of halogens is 9. The monoisotopic (exact) mass is 298 g/mol. The predicted octanol–water partition coefficient (Wildman–Crippen LogP) is 4.48. The predicted molar refractivity (Wildman–Crippen MR) is 44.8 cm³/mol. The van der Waals surface area contributed by atoms with Crippen molar-refractivity contribution in [3.63, 3.8) is 0 Å². The first kappa shape index (κ1) is 14.5. The molecule has 1 fully saturated rings. The molecule has 0 aliphatic heterocycles. The third-order valence-corrected chi connectivity index (χ3v) is 3.91. The zero-order valence-corrected chi connectivity index (χ0v) is 9.00. The lowest BCUT2D eigenvalue weighted by molar-refractivity contribution is -0.392. The highest BCUT2D eigenvalue weighted by atomic mass is 19.4. The molecule has 3 atom stereocenters. The summed E-state index contributed by atoms with van der Waals surface area (Å²) in [6, 6.07) is 0. The van der Waals surface area contributed by atoms with Gasteiger partial charge in [0.05, 0.1) is 5.92 Å². The largest absolute Gasteiger partial charge is 0.404 e. The lowest BCUT2D eigenvalue weighted by Crippen LogP contribution is -2.60. The van der Waals surface area contributed by atoms with Crippen molar-refractivity contribution in [2.24, 2.45) is 23.2 Å². The van der Waals surface area contributed by atoms with Gasteiger partial charge >= 0.3 is 18.5 Å². The van der Waals surface area contributed by atoms with Gasteiger partial charge in [-0.2, -0.15) is 39.5 Å². The van der Waals surface area contributed by atoms with E-state index in [0.717, 1.165) is 6.08 Å². The Morgan fingerprint density at radius 2 is 1.26 bits per heavy atom. The van der Waals surface area contributed by atoms with Crippen molar-refractivity contribution in [3.8, 4) is 0 Å². The van der Waals surface area contributed by atoms with Crippen LogP contribution in [0, 0.1) is 23.2 Å². The van der Waals surface area contributed by atoms with Crippen molar-refractivity contribution in [3.05, 3.63) is 12.2 Å². The Morgan fingerprint density at radius 1 is 0.789 bits per heavy atom. The molecule has 0 heterocycles. The third-order valence-electron chi connectivity index (χ3n) is 3.91. The van der Waals surface area contributed by atoms with Crippen molar-refractivity contribution in [1.29, 1.82) is 0 Å². The maximum atomic E-state index is 12.9. The zero-order valence-electron chi connectivity index (χ0n) is 9.00. The van der Waals surface area contributed by atoms with Crippen LogP contribution in [0.1, 0.15) is 6.42 Å². The normalized spacial score (nSPS) is 34.1. The molecule has 0 aromatic rings. The molecule has 9 heteroatoms. The average Bonchev–Trinajstić information content (AvgIpc) is 2.69. The number of hydrogen-bond acceptors (Lipinski definition) is 0. The molecular formula is C10H7F9. The molecule has 3 unspecified atom stereocenters. The number of fused-ring (bicyclic) bond motifs is 2. The van der Waals surface area contributed by atoms with E-state index in [1.807, 2.05) is 0 Å². The summed E-state index contributed by atoms with van der Waals surface area (Å²) in [5.41, 5.74) is -4.72. The Kier molecular flexibility index (Phi) is 2.75. The molecule has 0 nitrogen and oxygen atoms in total. The van der Waals surface area contributed by atoms with E-state index in [-0.39, 0.29) is 0 Å².